The molecular weight excluding hydrogens is 654 g/mol. The first kappa shape index (κ1) is 35.6. The molecular formula is C27H28F14O4. The van der Waals surface area contributed by atoms with Crippen LogP contribution >= 0.6 is 0 Å². The van der Waals surface area contributed by atoms with Crippen LogP contribution in [-0.4, -0.2) is 60.2 Å². The van der Waals surface area contributed by atoms with Crippen LogP contribution in [0.4, 0.5) is 61.5 Å². The van der Waals surface area contributed by atoms with Crippen molar-refractivity contribution in [3.05, 3.63) is 11.6 Å². The van der Waals surface area contributed by atoms with Gasteiger partial charge in [0.05, 0.1) is 0 Å². The Balaban J connectivity index is 1.47. The van der Waals surface area contributed by atoms with Gasteiger partial charge in [-0.15, -0.1) is 0 Å². The number of allylic oxidation sites excluding steroid dienone is 1. The van der Waals surface area contributed by atoms with E-state index in [1.165, 1.54) is 0 Å². The van der Waals surface area contributed by atoms with Gasteiger partial charge in [0.2, 0.25) is 0 Å². The molecule has 0 aliphatic heterocycles. The summed E-state index contributed by atoms with van der Waals surface area (Å²) in [6.07, 6.45) is -13.9. The highest BCUT2D eigenvalue weighted by Gasteiger charge is 2.78. The van der Waals surface area contributed by atoms with Crippen molar-refractivity contribution < 1.29 is 80.5 Å². The molecule has 18 heteroatoms. The smallest absolute Gasteiger partial charge is 0.457 e. The molecule has 4 aliphatic carbocycles. The summed E-state index contributed by atoms with van der Waals surface area (Å²) in [5.74, 6) is -32.5. The molecule has 0 bridgehead atoms. The van der Waals surface area contributed by atoms with Gasteiger partial charge >= 0.3 is 48.0 Å². The molecule has 0 aromatic heterocycles. The van der Waals surface area contributed by atoms with Crippen molar-refractivity contribution in [3.8, 4) is 0 Å². The second-order valence-electron chi connectivity index (χ2n) is 12.8. The lowest BCUT2D eigenvalue weighted by Crippen LogP contribution is -2.58. The van der Waals surface area contributed by atoms with Crippen LogP contribution in [0.3, 0.4) is 0 Å². The number of rotatable bonds is 6. The Morgan fingerprint density at radius 2 is 1.20 bits per heavy atom. The lowest BCUT2D eigenvalue weighted by atomic mass is 9.48. The van der Waals surface area contributed by atoms with Crippen molar-refractivity contribution in [3.63, 3.8) is 0 Å². The van der Waals surface area contributed by atoms with E-state index in [2.05, 4.69) is 9.47 Å². The predicted molar refractivity (Wildman–Crippen MR) is 123 cm³/mol. The van der Waals surface area contributed by atoms with Crippen molar-refractivity contribution in [1.82, 2.24) is 0 Å². The quantitative estimate of drug-likeness (QED) is 0.160. The summed E-state index contributed by atoms with van der Waals surface area (Å²) in [6.45, 7) is 3.36. The third-order valence-electron chi connectivity index (χ3n) is 10.5. The molecule has 0 radical (unpaired) electrons. The van der Waals surface area contributed by atoms with Crippen LogP contribution in [0.1, 0.15) is 65.2 Å². The summed E-state index contributed by atoms with van der Waals surface area (Å²) < 4.78 is 193. The highest BCUT2D eigenvalue weighted by molar-refractivity contribution is 5.80. The zero-order valence-electron chi connectivity index (χ0n) is 23.5. The van der Waals surface area contributed by atoms with E-state index < -0.39 is 71.0 Å². The highest BCUT2D eigenvalue weighted by Crippen LogP contribution is 2.65. The lowest BCUT2D eigenvalue weighted by Gasteiger charge is -2.57. The molecule has 3 fully saturated rings. The number of ether oxygens (including phenoxy) is 2. The largest absolute Gasteiger partial charge is 0.460 e. The number of carbonyl (C=O) groups is 2. The lowest BCUT2D eigenvalue weighted by molar-refractivity contribution is -0.349. The van der Waals surface area contributed by atoms with Gasteiger partial charge in [-0.2, -0.15) is 61.5 Å². The number of esters is 2. The topological polar surface area (TPSA) is 52.6 Å². The van der Waals surface area contributed by atoms with Crippen LogP contribution in [-0.2, 0) is 19.1 Å². The Morgan fingerprint density at radius 3 is 1.71 bits per heavy atom. The van der Waals surface area contributed by atoms with Crippen LogP contribution in [0.5, 0.6) is 0 Å². The van der Waals surface area contributed by atoms with Crippen LogP contribution < -0.4 is 0 Å². The van der Waals surface area contributed by atoms with Gasteiger partial charge in [0, 0.05) is 11.8 Å². The van der Waals surface area contributed by atoms with Gasteiger partial charge in [-0.05, 0) is 68.1 Å². The summed E-state index contributed by atoms with van der Waals surface area (Å²) >= 11 is 0. The monoisotopic (exact) mass is 682 g/mol. The number of halogens is 14. The summed E-state index contributed by atoms with van der Waals surface area (Å²) in [5, 5.41) is 0. The average molecular weight is 682 g/mol. The average Bonchev–Trinajstić information content (AvgIpc) is 3.23. The van der Waals surface area contributed by atoms with E-state index in [0.29, 0.717) is 12.0 Å². The van der Waals surface area contributed by atoms with E-state index in [9.17, 15) is 71.1 Å². The molecule has 45 heavy (non-hydrogen) atoms. The fourth-order valence-electron chi connectivity index (χ4n) is 7.91. The van der Waals surface area contributed by atoms with E-state index in [1.54, 1.807) is 19.9 Å². The Kier molecular flexibility index (Phi) is 8.38. The second-order valence-corrected chi connectivity index (χ2v) is 12.8. The summed E-state index contributed by atoms with van der Waals surface area (Å²) in [6, 6.07) is 0. The summed E-state index contributed by atoms with van der Waals surface area (Å²) in [4.78, 5) is 23.8. The van der Waals surface area contributed by atoms with Crippen molar-refractivity contribution in [1.29, 1.82) is 0 Å². The minimum atomic E-state index is -6.72. The molecule has 4 aliphatic rings. The van der Waals surface area contributed by atoms with Crippen molar-refractivity contribution in [2.75, 3.05) is 0 Å². The Bertz CT molecular complexity index is 1220. The fourth-order valence-corrected chi connectivity index (χ4v) is 7.91. The van der Waals surface area contributed by atoms with Gasteiger partial charge < -0.3 is 9.47 Å². The van der Waals surface area contributed by atoms with Gasteiger partial charge in [0.1, 0.15) is 12.2 Å². The maximum atomic E-state index is 14.0. The minimum Gasteiger partial charge on any atom is -0.457 e. The Morgan fingerprint density at radius 1 is 0.689 bits per heavy atom. The van der Waals surface area contributed by atoms with Gasteiger partial charge in [-0.3, -0.25) is 0 Å². The maximum absolute atomic E-state index is 14.0. The molecule has 0 heterocycles. The summed E-state index contributed by atoms with van der Waals surface area (Å²) in [7, 11) is 0. The van der Waals surface area contributed by atoms with Crippen LogP contribution in [0, 0.1) is 28.6 Å². The first-order chi connectivity index (χ1) is 20.2. The molecule has 3 unspecified atom stereocenters. The molecule has 3 saturated carbocycles. The number of alkyl halides is 14. The molecule has 258 valence electrons. The van der Waals surface area contributed by atoms with Crippen LogP contribution in [0.2, 0.25) is 0 Å². The molecule has 0 N–H and O–H groups in total. The first-order valence-electron chi connectivity index (χ1n) is 13.9. The molecule has 0 saturated heterocycles. The second kappa shape index (κ2) is 10.6. The van der Waals surface area contributed by atoms with E-state index in [0.717, 1.165) is 0 Å². The highest BCUT2D eigenvalue weighted by atomic mass is 19.4. The minimum absolute atomic E-state index is 0.0914. The molecule has 4 nitrogen and oxygen atoms in total. The normalized spacial score (nSPS) is 34.7. The zero-order valence-corrected chi connectivity index (χ0v) is 23.5. The van der Waals surface area contributed by atoms with Crippen molar-refractivity contribution in [2.24, 2.45) is 28.6 Å². The third-order valence-corrected chi connectivity index (χ3v) is 10.5. The van der Waals surface area contributed by atoms with Gasteiger partial charge in [-0.1, -0.05) is 25.5 Å². The van der Waals surface area contributed by atoms with E-state index >= 15 is 0 Å². The van der Waals surface area contributed by atoms with E-state index in [1.807, 2.05) is 0 Å². The van der Waals surface area contributed by atoms with Gasteiger partial charge in [-0.25, -0.2) is 9.59 Å². The number of fused-ring (bicyclic) bond motifs is 5. The summed E-state index contributed by atoms with van der Waals surface area (Å²) in [5.41, 5.74) is -1.18. The Labute approximate surface area is 246 Å². The van der Waals surface area contributed by atoms with E-state index in [-0.39, 0.29) is 62.7 Å². The molecule has 0 aromatic carbocycles. The Hall–Kier alpha value is -2.30. The predicted octanol–water partition coefficient (Wildman–Crippen LogP) is 8.44. The molecule has 0 aromatic rings. The SMILES string of the molecule is C[C@]12CC[C@H](OC(=O)C(F)(F)C(F)(F)C(F)(F)F)CC1=CCC1C2CC[C@@]2(C)C1CC[C@@H]2OC(=O)C(F)(F)C(F)(F)C(F)(F)F. The molecule has 0 spiro atoms. The van der Waals surface area contributed by atoms with Crippen LogP contribution in [0.15, 0.2) is 11.6 Å². The van der Waals surface area contributed by atoms with E-state index in [4.69, 9.17) is 0 Å². The molecule has 0 amide bonds. The number of carbonyl (C=O) groups excluding carboxylic acids is 2. The fraction of sp³-hybridized carbons (Fsp3) is 0.852. The van der Waals surface area contributed by atoms with Gasteiger partial charge in [0.15, 0.2) is 0 Å². The number of hydrogen-bond donors (Lipinski definition) is 0. The maximum Gasteiger partial charge on any atom is 0.460 e. The van der Waals surface area contributed by atoms with Crippen molar-refractivity contribution in [2.45, 2.75) is 113 Å². The van der Waals surface area contributed by atoms with Gasteiger partial charge in [0.25, 0.3) is 0 Å². The third kappa shape index (κ3) is 5.27. The van der Waals surface area contributed by atoms with Crippen LogP contribution in [0.25, 0.3) is 0 Å². The molecule has 4 rings (SSSR count). The number of hydrogen-bond acceptors (Lipinski definition) is 4. The first-order valence-corrected chi connectivity index (χ1v) is 13.9. The zero-order chi connectivity index (χ0) is 34.4. The standard InChI is InChI=1S/C27H28F14O4/c1-20-9-7-13(44-18(42)22(28,29)24(32,33)26(36,37)38)11-12(20)3-4-14-15-5-6-17(21(15,2)10-8-16(14)20)45-19(43)23(30,31)25(34,35)27(39,40)41/h3,13-17H,4-11H2,1-2H3/t13-,14?,15?,16?,17-,20-,21-/m0/s1. The molecule has 7 atom stereocenters. The van der Waals surface area contributed by atoms with Crippen molar-refractivity contribution >= 4 is 11.9 Å².